The fraction of sp³-hybridized carbons (Fsp3) is 0.458. The molecule has 164 valence electrons. The standard InChI is InChI=1S/C24H29FN4O2/c1-16(2)23-21(18-6-5-7-20(25)12-18)13-19(14-26)24(27-23)28-9-10-29(17(3)15-28)22(30)8-11-31-4/h5-7,12-13,16-17H,8-11,15H2,1-4H3. The Morgan fingerprint density at radius 1 is 1.35 bits per heavy atom. The quantitative estimate of drug-likeness (QED) is 0.702. The second kappa shape index (κ2) is 9.88. The first-order valence-corrected chi connectivity index (χ1v) is 10.6. The molecule has 1 unspecified atom stereocenters. The topological polar surface area (TPSA) is 69.5 Å². The van der Waals surface area contributed by atoms with Crippen molar-refractivity contribution >= 4 is 11.7 Å². The summed E-state index contributed by atoms with van der Waals surface area (Å²) in [7, 11) is 1.59. The lowest BCUT2D eigenvalue weighted by molar-refractivity contribution is -0.134. The van der Waals surface area contributed by atoms with Crippen LogP contribution in [0.4, 0.5) is 10.2 Å². The van der Waals surface area contributed by atoms with Gasteiger partial charge in [-0.15, -0.1) is 0 Å². The molecule has 31 heavy (non-hydrogen) atoms. The maximum Gasteiger partial charge on any atom is 0.225 e. The number of amides is 1. The van der Waals surface area contributed by atoms with Crippen LogP contribution in [-0.2, 0) is 9.53 Å². The second-order valence-corrected chi connectivity index (χ2v) is 8.19. The summed E-state index contributed by atoms with van der Waals surface area (Å²) >= 11 is 0. The van der Waals surface area contributed by atoms with Crippen LogP contribution in [0.2, 0.25) is 0 Å². The van der Waals surface area contributed by atoms with Crippen LogP contribution in [0.5, 0.6) is 0 Å². The second-order valence-electron chi connectivity index (χ2n) is 8.19. The SMILES string of the molecule is COCCC(=O)N1CCN(c2nc(C(C)C)c(-c3cccc(F)c3)cc2C#N)CC1C. The smallest absolute Gasteiger partial charge is 0.225 e. The normalized spacial score (nSPS) is 16.5. The zero-order valence-corrected chi connectivity index (χ0v) is 18.6. The molecule has 1 aliphatic rings. The van der Waals surface area contributed by atoms with Crippen LogP contribution in [0, 0.1) is 17.1 Å². The van der Waals surface area contributed by atoms with Crippen molar-refractivity contribution in [1.82, 2.24) is 9.88 Å². The number of ether oxygens (including phenoxy) is 1. The van der Waals surface area contributed by atoms with Gasteiger partial charge < -0.3 is 14.5 Å². The molecule has 1 atom stereocenters. The summed E-state index contributed by atoms with van der Waals surface area (Å²) in [6.07, 6.45) is 0.363. The zero-order chi connectivity index (χ0) is 22.5. The van der Waals surface area contributed by atoms with E-state index in [1.165, 1.54) is 12.1 Å². The van der Waals surface area contributed by atoms with Crippen molar-refractivity contribution < 1.29 is 13.9 Å². The maximum atomic E-state index is 13.8. The first-order valence-electron chi connectivity index (χ1n) is 10.6. The average Bonchev–Trinajstić information content (AvgIpc) is 2.76. The van der Waals surface area contributed by atoms with Crippen LogP contribution in [0.3, 0.4) is 0 Å². The molecule has 7 heteroatoms. The van der Waals surface area contributed by atoms with Gasteiger partial charge in [-0.3, -0.25) is 4.79 Å². The van der Waals surface area contributed by atoms with E-state index >= 15 is 0 Å². The minimum absolute atomic E-state index is 0.00292. The van der Waals surface area contributed by atoms with Gasteiger partial charge in [-0.25, -0.2) is 9.37 Å². The predicted octanol–water partition coefficient (Wildman–Crippen LogP) is 3.96. The number of pyridine rings is 1. The van der Waals surface area contributed by atoms with Crippen molar-refractivity contribution in [3.05, 3.63) is 47.4 Å². The highest BCUT2D eigenvalue weighted by Gasteiger charge is 2.29. The van der Waals surface area contributed by atoms with Gasteiger partial charge in [0.2, 0.25) is 5.91 Å². The summed E-state index contributed by atoms with van der Waals surface area (Å²) in [4.78, 5) is 21.3. The Bertz CT molecular complexity index is 986. The van der Waals surface area contributed by atoms with E-state index in [0.717, 1.165) is 11.3 Å². The molecule has 1 amide bonds. The Morgan fingerprint density at radius 2 is 2.13 bits per heavy atom. The van der Waals surface area contributed by atoms with E-state index in [4.69, 9.17) is 9.72 Å². The number of benzene rings is 1. The van der Waals surface area contributed by atoms with Crippen LogP contribution < -0.4 is 4.90 Å². The van der Waals surface area contributed by atoms with Gasteiger partial charge >= 0.3 is 0 Å². The molecule has 0 aliphatic carbocycles. The number of nitrogens with zero attached hydrogens (tertiary/aromatic N) is 4. The van der Waals surface area contributed by atoms with Crippen LogP contribution in [0.25, 0.3) is 11.1 Å². The van der Waals surface area contributed by atoms with Crippen LogP contribution in [0.1, 0.15) is 44.4 Å². The Balaban J connectivity index is 1.93. The molecular weight excluding hydrogens is 395 g/mol. The number of halogens is 1. The molecule has 1 fully saturated rings. The van der Waals surface area contributed by atoms with Gasteiger partial charge in [0.05, 0.1) is 24.3 Å². The van der Waals surface area contributed by atoms with Gasteiger partial charge in [0.15, 0.2) is 0 Å². The molecular formula is C24H29FN4O2. The van der Waals surface area contributed by atoms with E-state index in [0.29, 0.717) is 49.6 Å². The zero-order valence-electron chi connectivity index (χ0n) is 18.6. The summed E-state index contributed by atoms with van der Waals surface area (Å²) in [6.45, 7) is 8.25. The van der Waals surface area contributed by atoms with Crippen LogP contribution >= 0.6 is 0 Å². The van der Waals surface area contributed by atoms with E-state index in [1.807, 2.05) is 37.8 Å². The summed E-state index contributed by atoms with van der Waals surface area (Å²) in [5.74, 6) is 0.478. The van der Waals surface area contributed by atoms with E-state index in [1.54, 1.807) is 13.2 Å². The molecule has 0 spiro atoms. The Labute approximate surface area is 183 Å². The number of piperazine rings is 1. The van der Waals surface area contributed by atoms with Crippen molar-refractivity contribution in [1.29, 1.82) is 5.26 Å². The largest absolute Gasteiger partial charge is 0.384 e. The average molecular weight is 425 g/mol. The lowest BCUT2D eigenvalue weighted by Gasteiger charge is -2.41. The summed E-state index contributed by atoms with van der Waals surface area (Å²) in [6, 6.07) is 10.4. The molecule has 6 nitrogen and oxygen atoms in total. The summed E-state index contributed by atoms with van der Waals surface area (Å²) in [5.41, 5.74) is 2.76. The maximum absolute atomic E-state index is 13.8. The molecule has 1 aromatic carbocycles. The van der Waals surface area contributed by atoms with Gasteiger partial charge in [-0.2, -0.15) is 5.26 Å². The van der Waals surface area contributed by atoms with Crippen molar-refractivity contribution in [3.63, 3.8) is 0 Å². The number of hydrogen-bond acceptors (Lipinski definition) is 5. The highest BCUT2D eigenvalue weighted by atomic mass is 19.1. The summed E-state index contributed by atoms with van der Waals surface area (Å²) < 4.78 is 18.8. The number of rotatable bonds is 6. The lowest BCUT2D eigenvalue weighted by Crippen LogP contribution is -2.54. The molecule has 1 aromatic heterocycles. The van der Waals surface area contributed by atoms with E-state index < -0.39 is 0 Å². The van der Waals surface area contributed by atoms with Gasteiger partial charge in [-0.05, 0) is 36.6 Å². The van der Waals surface area contributed by atoms with Gasteiger partial charge in [0.1, 0.15) is 17.7 Å². The van der Waals surface area contributed by atoms with Crippen LogP contribution in [0.15, 0.2) is 30.3 Å². The molecule has 3 rings (SSSR count). The fourth-order valence-electron chi connectivity index (χ4n) is 4.02. The number of anilines is 1. The first-order chi connectivity index (χ1) is 14.8. The molecule has 0 N–H and O–H groups in total. The number of nitriles is 1. The molecule has 0 bridgehead atoms. The van der Waals surface area contributed by atoms with Crippen molar-refractivity contribution in [2.75, 3.05) is 38.3 Å². The van der Waals surface area contributed by atoms with Gasteiger partial charge in [0.25, 0.3) is 0 Å². The molecule has 1 aliphatic heterocycles. The van der Waals surface area contributed by atoms with Gasteiger partial charge in [0, 0.05) is 38.3 Å². The van der Waals surface area contributed by atoms with Crippen molar-refractivity contribution in [3.8, 4) is 17.2 Å². The highest BCUT2D eigenvalue weighted by molar-refractivity contribution is 5.77. The third-order valence-corrected chi connectivity index (χ3v) is 5.60. The first kappa shape index (κ1) is 22.7. The highest BCUT2D eigenvalue weighted by Crippen LogP contribution is 2.33. The van der Waals surface area contributed by atoms with E-state index in [2.05, 4.69) is 11.0 Å². The molecule has 0 saturated carbocycles. The number of aromatic nitrogens is 1. The van der Waals surface area contributed by atoms with E-state index in [9.17, 15) is 14.4 Å². The lowest BCUT2D eigenvalue weighted by atomic mass is 9.95. The monoisotopic (exact) mass is 424 g/mol. The summed E-state index contributed by atoms with van der Waals surface area (Å²) in [5, 5.41) is 9.84. The third kappa shape index (κ3) is 5.02. The van der Waals surface area contributed by atoms with Crippen molar-refractivity contribution in [2.45, 2.75) is 39.2 Å². The minimum atomic E-state index is -0.321. The Kier molecular flexibility index (Phi) is 7.24. The molecule has 2 aromatic rings. The molecule has 2 heterocycles. The minimum Gasteiger partial charge on any atom is -0.384 e. The molecule has 1 saturated heterocycles. The van der Waals surface area contributed by atoms with Crippen LogP contribution in [-0.4, -0.2) is 55.2 Å². The predicted molar refractivity (Wildman–Crippen MR) is 118 cm³/mol. The van der Waals surface area contributed by atoms with Crippen molar-refractivity contribution in [2.24, 2.45) is 0 Å². The number of hydrogen-bond donors (Lipinski definition) is 0. The third-order valence-electron chi connectivity index (χ3n) is 5.60. The number of carbonyl (C=O) groups is 1. The number of methoxy groups -OCH3 is 1. The Hall–Kier alpha value is -2.98. The number of carbonyl (C=O) groups excluding carboxylic acids is 1. The fourth-order valence-corrected chi connectivity index (χ4v) is 4.02. The molecule has 0 radical (unpaired) electrons. The Morgan fingerprint density at radius 3 is 2.74 bits per heavy atom. The van der Waals surface area contributed by atoms with E-state index in [-0.39, 0.29) is 23.7 Å². The van der Waals surface area contributed by atoms with Gasteiger partial charge in [-0.1, -0.05) is 26.0 Å².